The summed E-state index contributed by atoms with van der Waals surface area (Å²) in [5.74, 6) is -1.22. The van der Waals surface area contributed by atoms with Crippen molar-refractivity contribution in [2.45, 2.75) is 35.6 Å². The Morgan fingerprint density at radius 3 is 2.21 bits per heavy atom. The van der Waals surface area contributed by atoms with Crippen molar-refractivity contribution >= 4 is 39.2 Å². The van der Waals surface area contributed by atoms with Gasteiger partial charge in [0.2, 0.25) is 0 Å². The molecule has 0 saturated carbocycles. The molecule has 182 valence electrons. The van der Waals surface area contributed by atoms with Gasteiger partial charge >= 0.3 is 0 Å². The summed E-state index contributed by atoms with van der Waals surface area (Å²) in [6.07, 6.45) is 5.13. The van der Waals surface area contributed by atoms with Gasteiger partial charge in [0.05, 0.1) is 16.6 Å². The molecule has 0 radical (unpaired) electrons. The molecular weight excluding hydrogens is 499 g/mol. The van der Waals surface area contributed by atoms with Crippen LogP contribution in [0.15, 0.2) is 70.5 Å². The van der Waals surface area contributed by atoms with Crippen molar-refractivity contribution in [2.75, 3.05) is 22.6 Å². The van der Waals surface area contributed by atoms with Gasteiger partial charge in [0.15, 0.2) is 0 Å². The van der Waals surface area contributed by atoms with E-state index in [1.54, 1.807) is 30.8 Å². The van der Waals surface area contributed by atoms with Crippen LogP contribution in [0.2, 0.25) is 0 Å². The van der Waals surface area contributed by atoms with E-state index < -0.39 is 39.2 Å². The first-order valence-corrected chi connectivity index (χ1v) is 14.7. The lowest BCUT2D eigenvalue weighted by molar-refractivity contribution is 0.569. The molecule has 0 heterocycles. The summed E-state index contributed by atoms with van der Waals surface area (Å²) in [6, 6.07) is 12.2. The van der Waals surface area contributed by atoms with Crippen molar-refractivity contribution in [3.63, 3.8) is 0 Å². The van der Waals surface area contributed by atoms with E-state index in [0.717, 1.165) is 39.6 Å². The zero-order valence-corrected chi connectivity index (χ0v) is 21.5. The third-order valence-corrected chi connectivity index (χ3v) is 8.80. The van der Waals surface area contributed by atoms with Gasteiger partial charge in [0.25, 0.3) is 10.0 Å². The highest BCUT2D eigenvalue weighted by molar-refractivity contribution is 7.98. The molecule has 34 heavy (non-hydrogen) atoms. The van der Waals surface area contributed by atoms with E-state index in [9.17, 15) is 21.6 Å². The summed E-state index contributed by atoms with van der Waals surface area (Å²) in [4.78, 5) is 0.817. The second-order valence-corrected chi connectivity index (χ2v) is 11.4. The Morgan fingerprint density at radius 2 is 1.56 bits per heavy atom. The maximum atomic E-state index is 14.9. The van der Waals surface area contributed by atoms with Crippen LogP contribution in [0, 0.1) is 17.5 Å². The van der Waals surface area contributed by atoms with Gasteiger partial charge < -0.3 is 0 Å². The zero-order chi connectivity index (χ0) is 24.9. The lowest BCUT2D eigenvalue weighted by atomic mass is 9.97. The van der Waals surface area contributed by atoms with Crippen LogP contribution in [0.3, 0.4) is 0 Å². The number of anilines is 1. The third-order valence-electron chi connectivity index (χ3n) is 5.46. The molecule has 0 aromatic heterocycles. The summed E-state index contributed by atoms with van der Waals surface area (Å²) in [5.41, 5.74) is 0.771. The Morgan fingerprint density at radius 1 is 0.912 bits per heavy atom. The predicted molar refractivity (Wildman–Crippen MR) is 136 cm³/mol. The van der Waals surface area contributed by atoms with Crippen LogP contribution in [0.25, 0.3) is 0 Å². The van der Waals surface area contributed by atoms with Crippen LogP contribution in [-0.2, 0) is 16.4 Å². The number of halogens is 3. The molecule has 0 spiro atoms. The molecule has 3 nitrogen and oxygen atoms in total. The molecule has 0 saturated heterocycles. The first kappa shape index (κ1) is 26.5. The largest absolute Gasteiger partial charge is 0.264 e. The number of hydrogen-bond acceptors (Lipinski definition) is 4. The minimum atomic E-state index is -4.30. The second kappa shape index (κ2) is 11.6. The molecule has 1 atom stereocenters. The number of thioether (sulfide) groups is 2. The van der Waals surface area contributed by atoms with Crippen molar-refractivity contribution in [3.8, 4) is 0 Å². The Balaban J connectivity index is 2.17. The second-order valence-electron chi connectivity index (χ2n) is 7.69. The lowest BCUT2D eigenvalue weighted by Crippen LogP contribution is -2.35. The summed E-state index contributed by atoms with van der Waals surface area (Å²) in [6.45, 7) is 1.60. The van der Waals surface area contributed by atoms with Crippen molar-refractivity contribution in [3.05, 3.63) is 89.2 Å². The SMILES string of the molecule is CSCCCc1cc(F)ccc1C(C)N(c1cc(F)ccc1F)S(=O)(=O)c1ccc(SC)cc1. The van der Waals surface area contributed by atoms with E-state index in [1.807, 2.05) is 12.5 Å². The molecule has 0 N–H and O–H groups in total. The molecule has 0 aliphatic heterocycles. The maximum absolute atomic E-state index is 14.9. The van der Waals surface area contributed by atoms with Gasteiger partial charge in [-0.05, 0) is 97.7 Å². The molecule has 1 unspecified atom stereocenters. The molecule has 3 aromatic rings. The van der Waals surface area contributed by atoms with Crippen LogP contribution in [0.1, 0.15) is 30.5 Å². The summed E-state index contributed by atoms with van der Waals surface area (Å²) >= 11 is 3.12. The molecule has 0 amide bonds. The molecule has 3 aromatic carbocycles. The maximum Gasteiger partial charge on any atom is 0.264 e. The lowest BCUT2D eigenvalue weighted by Gasteiger charge is -2.32. The van der Waals surface area contributed by atoms with Crippen molar-refractivity contribution in [1.82, 2.24) is 0 Å². The fourth-order valence-corrected chi connectivity index (χ4v) is 6.27. The predicted octanol–water partition coefficient (Wildman–Crippen LogP) is 7.08. The first-order valence-electron chi connectivity index (χ1n) is 10.6. The summed E-state index contributed by atoms with van der Waals surface area (Å²) in [5, 5.41) is 0. The van der Waals surface area contributed by atoms with Crippen LogP contribution in [0.4, 0.5) is 18.9 Å². The van der Waals surface area contributed by atoms with Crippen molar-refractivity contribution in [2.24, 2.45) is 0 Å². The monoisotopic (exact) mass is 525 g/mol. The van der Waals surface area contributed by atoms with Crippen molar-refractivity contribution < 1.29 is 21.6 Å². The smallest absolute Gasteiger partial charge is 0.256 e. The number of rotatable bonds is 10. The molecule has 9 heteroatoms. The van der Waals surface area contributed by atoms with E-state index in [-0.39, 0.29) is 4.90 Å². The average Bonchev–Trinajstić information content (AvgIpc) is 2.81. The van der Waals surface area contributed by atoms with Crippen molar-refractivity contribution in [1.29, 1.82) is 0 Å². The highest BCUT2D eigenvalue weighted by Gasteiger charge is 2.33. The summed E-state index contributed by atoms with van der Waals surface area (Å²) in [7, 11) is -4.30. The molecule has 0 fully saturated rings. The number of aryl methyl sites for hydroxylation is 1. The Hall–Kier alpha value is -2.10. The fourth-order valence-electron chi connectivity index (χ4n) is 3.79. The number of nitrogens with zero attached hydrogens (tertiary/aromatic N) is 1. The van der Waals surface area contributed by atoms with E-state index in [0.29, 0.717) is 17.5 Å². The zero-order valence-electron chi connectivity index (χ0n) is 19.1. The van der Waals surface area contributed by atoms with Gasteiger partial charge in [0, 0.05) is 11.0 Å². The molecule has 3 rings (SSSR count). The van der Waals surface area contributed by atoms with Gasteiger partial charge in [-0.25, -0.2) is 21.6 Å². The van der Waals surface area contributed by atoms with Crippen LogP contribution < -0.4 is 4.31 Å². The van der Waals surface area contributed by atoms with Gasteiger partial charge in [-0.15, -0.1) is 11.8 Å². The van der Waals surface area contributed by atoms with Gasteiger partial charge in [-0.1, -0.05) is 6.07 Å². The quantitative estimate of drug-likeness (QED) is 0.209. The average molecular weight is 526 g/mol. The Labute approximate surface area is 207 Å². The third kappa shape index (κ3) is 5.93. The van der Waals surface area contributed by atoms with E-state index in [1.165, 1.54) is 42.1 Å². The van der Waals surface area contributed by atoms with Crippen LogP contribution in [-0.4, -0.2) is 26.7 Å². The number of benzene rings is 3. The van der Waals surface area contributed by atoms with Crippen LogP contribution >= 0.6 is 23.5 Å². The standard InChI is InChI=1S/C25H26F3NO2S3/c1-17(23-12-6-19(26)15-18(23)5-4-14-32-2)29(25-16-20(27)7-13-24(25)28)34(30,31)22-10-8-21(33-3)9-11-22/h6-13,15-17H,4-5,14H2,1-3H3. The molecule has 0 aliphatic rings. The minimum absolute atomic E-state index is 0.0492. The Kier molecular flexibility index (Phi) is 9.01. The highest BCUT2D eigenvalue weighted by Crippen LogP contribution is 2.37. The van der Waals surface area contributed by atoms with Crippen LogP contribution in [0.5, 0.6) is 0 Å². The molecular formula is C25H26F3NO2S3. The Bertz CT molecular complexity index is 1230. The normalized spacial score (nSPS) is 12.5. The topological polar surface area (TPSA) is 37.4 Å². The number of hydrogen-bond donors (Lipinski definition) is 0. The number of sulfonamides is 1. The van der Waals surface area contributed by atoms with Gasteiger partial charge in [0.1, 0.15) is 17.5 Å². The van der Waals surface area contributed by atoms with E-state index in [2.05, 4.69) is 0 Å². The van der Waals surface area contributed by atoms with Gasteiger partial charge in [-0.2, -0.15) is 11.8 Å². The fraction of sp³-hybridized carbons (Fsp3) is 0.280. The van der Waals surface area contributed by atoms with E-state index >= 15 is 0 Å². The first-order chi connectivity index (χ1) is 16.2. The minimum Gasteiger partial charge on any atom is -0.256 e. The van der Waals surface area contributed by atoms with E-state index in [4.69, 9.17) is 0 Å². The van der Waals surface area contributed by atoms with Gasteiger partial charge in [-0.3, -0.25) is 4.31 Å². The molecule has 0 aliphatic carbocycles. The highest BCUT2D eigenvalue weighted by atomic mass is 32.2. The summed E-state index contributed by atoms with van der Waals surface area (Å²) < 4.78 is 71.7. The molecule has 0 bridgehead atoms.